The van der Waals surface area contributed by atoms with Crippen molar-refractivity contribution in [1.29, 1.82) is 0 Å². The maximum Gasteiger partial charge on any atom is 0.253 e. The molecular weight excluding hydrogens is 552 g/mol. The lowest BCUT2D eigenvalue weighted by atomic mass is 10.3. The molecule has 0 aliphatic heterocycles. The summed E-state index contributed by atoms with van der Waals surface area (Å²) in [5.74, 6) is 1.96. The van der Waals surface area contributed by atoms with Crippen LogP contribution in [-0.4, -0.2) is 5.11 Å². The Labute approximate surface area is 193 Å². The van der Waals surface area contributed by atoms with E-state index in [4.69, 9.17) is 4.74 Å². The van der Waals surface area contributed by atoms with Crippen molar-refractivity contribution in [3.05, 3.63) is 95.7 Å². The first-order valence-electron chi connectivity index (χ1n) is 8.06. The molecule has 4 nitrogen and oxygen atoms in total. The van der Waals surface area contributed by atoms with Crippen molar-refractivity contribution in [1.82, 2.24) is 0 Å². The van der Waals surface area contributed by atoms with E-state index in [1.54, 1.807) is 0 Å². The van der Waals surface area contributed by atoms with Crippen LogP contribution < -0.4 is 48.8 Å². The number of hydrogen-bond donors (Lipinski definition) is 2. The first-order chi connectivity index (χ1) is 12.6. The molecule has 2 aromatic carbocycles. The zero-order valence-electron chi connectivity index (χ0n) is 14.8. The van der Waals surface area contributed by atoms with Crippen LogP contribution in [0.25, 0.3) is 5.52 Å². The Morgan fingerprint density at radius 2 is 1.36 bits per heavy atom. The summed E-state index contributed by atoms with van der Waals surface area (Å²) in [4.78, 5) is 0. The van der Waals surface area contributed by atoms with Crippen molar-refractivity contribution < 1.29 is 53.9 Å². The van der Waals surface area contributed by atoms with E-state index in [1.165, 1.54) is 0 Å². The second-order valence-corrected chi connectivity index (χ2v) is 6.42. The number of aromatic nitrogens is 1. The summed E-state index contributed by atoms with van der Waals surface area (Å²) in [6.45, 7) is 0. The third kappa shape index (κ3) is 6.60. The van der Waals surface area contributed by atoms with Gasteiger partial charge in [-0.15, -0.1) is 0 Å². The number of para-hydroxylation sites is 1. The highest BCUT2D eigenvalue weighted by Gasteiger charge is 2.09. The molecule has 0 fully saturated rings. The molecule has 4 N–H and O–H groups in total. The number of hydrogen-bond acceptors (Lipinski definition) is 2. The first-order valence-corrected chi connectivity index (χ1v) is 8.85. The molecule has 0 aliphatic carbocycles. The van der Waals surface area contributed by atoms with Gasteiger partial charge < -0.3 is 49.5 Å². The minimum Gasteiger partial charge on any atom is -1.00 e. The monoisotopic (exact) mass is 568 g/mol. The van der Waals surface area contributed by atoms with Crippen molar-refractivity contribution in [3.63, 3.8) is 0 Å². The normalized spacial score (nSPS) is 9.36. The van der Waals surface area contributed by atoms with E-state index >= 15 is 0 Å². The first kappa shape index (κ1) is 24.1. The fourth-order valence-corrected chi connectivity index (χ4v) is 2.64. The summed E-state index contributed by atoms with van der Waals surface area (Å²) in [6.07, 6.45) is 3.78. The Morgan fingerprint density at radius 3 is 2.04 bits per heavy atom. The van der Waals surface area contributed by atoms with Gasteiger partial charge in [-0.2, -0.15) is 4.40 Å². The van der Waals surface area contributed by atoms with Crippen molar-refractivity contribution in [2.75, 3.05) is 0 Å². The number of aromatic hydroxyl groups is 1. The van der Waals surface area contributed by atoms with Crippen LogP contribution in [-0.2, 0) is 0 Å². The molecule has 0 atom stereocenters. The van der Waals surface area contributed by atoms with Gasteiger partial charge in [0.05, 0.1) is 4.47 Å². The summed E-state index contributed by atoms with van der Waals surface area (Å²) in [6, 6.07) is 24.9. The highest BCUT2D eigenvalue weighted by atomic mass is 79.9. The molecule has 0 bridgehead atoms. The number of rotatable bonds is 2. The van der Waals surface area contributed by atoms with E-state index in [0.717, 1.165) is 22.7 Å². The van der Waals surface area contributed by atoms with Gasteiger partial charge in [0, 0.05) is 30.3 Å². The number of benzene rings is 2. The van der Waals surface area contributed by atoms with Gasteiger partial charge in [-0.25, -0.2) is 0 Å². The fourth-order valence-electron chi connectivity index (χ4n) is 2.32. The van der Waals surface area contributed by atoms with E-state index in [1.807, 2.05) is 95.7 Å². The zero-order valence-corrected chi connectivity index (χ0v) is 19.6. The molecule has 0 radical (unpaired) electrons. The predicted molar refractivity (Wildman–Crippen MR) is 104 cm³/mol. The largest absolute Gasteiger partial charge is 1.00 e. The Hall–Kier alpha value is -1.93. The van der Waals surface area contributed by atoms with Crippen LogP contribution in [0.5, 0.6) is 17.2 Å². The highest BCUT2D eigenvalue weighted by Crippen LogP contribution is 2.25. The van der Waals surface area contributed by atoms with Crippen molar-refractivity contribution in [2.45, 2.75) is 0 Å². The number of ether oxygens (including phenoxy) is 1. The van der Waals surface area contributed by atoms with E-state index in [0.29, 0.717) is 4.47 Å². The fraction of sp³-hybridized carbons (Fsp3) is 0. The molecule has 2 heterocycles. The zero-order chi connectivity index (χ0) is 18.4. The summed E-state index contributed by atoms with van der Waals surface area (Å²) in [5.41, 5.74) is 5.60. The van der Waals surface area contributed by atoms with Crippen LogP contribution in [0.3, 0.4) is 0 Å². The standard InChI is InChI=1S/C12H11NO.C9H6BrNO.2BrH/c13-10-6-8-12(9-7-10)14-11-4-2-1-3-5-11;10-7-4-6-11-5-2-1-3-8(11)9(7)12;;/h1-9H,13H2;1-6H;2*1H. The van der Waals surface area contributed by atoms with Gasteiger partial charge in [-0.05, 0) is 46.3 Å². The van der Waals surface area contributed by atoms with E-state index in [2.05, 4.69) is 21.7 Å². The maximum absolute atomic E-state index is 9.59. The van der Waals surface area contributed by atoms with E-state index in [9.17, 15) is 5.11 Å². The lowest BCUT2D eigenvalue weighted by molar-refractivity contribution is -0.512. The second kappa shape index (κ2) is 11.8. The molecule has 7 heteroatoms. The summed E-state index contributed by atoms with van der Waals surface area (Å²) >= 11 is 3.25. The van der Waals surface area contributed by atoms with Crippen LogP contribution in [0.15, 0.2) is 95.7 Å². The van der Waals surface area contributed by atoms with Gasteiger partial charge in [-0.1, -0.05) is 18.2 Å². The number of quaternary nitrogens is 1. The van der Waals surface area contributed by atoms with Crippen molar-refractivity contribution in [3.8, 4) is 17.2 Å². The third-order valence-electron chi connectivity index (χ3n) is 3.64. The number of pyridine rings is 2. The Bertz CT molecular complexity index is 997. The summed E-state index contributed by atoms with van der Waals surface area (Å²) in [7, 11) is 0. The molecular formula is C21H19Br3N2O2. The number of fused-ring (bicyclic) bond motifs is 1. The molecule has 0 amide bonds. The van der Waals surface area contributed by atoms with Gasteiger partial charge in [0.2, 0.25) is 5.75 Å². The SMILES string of the molecule is Oc1c(Br)cc[n+]2ccccc12.[Br-].[Br-].[NH3+]c1ccc(Oc2ccccc2)cc1. The Kier molecular flexibility index (Phi) is 10.2. The summed E-state index contributed by atoms with van der Waals surface area (Å²) in [5, 5.41) is 9.59. The van der Waals surface area contributed by atoms with Gasteiger partial charge in [0.1, 0.15) is 17.2 Å². The highest BCUT2D eigenvalue weighted by molar-refractivity contribution is 9.10. The average molecular weight is 571 g/mol. The molecule has 0 saturated heterocycles. The Balaban J connectivity index is 0.000000264. The topological polar surface area (TPSA) is 61.2 Å². The lowest BCUT2D eigenvalue weighted by Gasteiger charge is -2.04. The molecule has 0 unspecified atom stereocenters. The average Bonchev–Trinajstić information content (AvgIpc) is 2.68. The predicted octanol–water partition coefficient (Wildman–Crippen LogP) is -1.75. The van der Waals surface area contributed by atoms with Gasteiger partial charge >= 0.3 is 0 Å². The Morgan fingerprint density at radius 1 is 0.750 bits per heavy atom. The third-order valence-corrected chi connectivity index (χ3v) is 4.28. The molecule has 28 heavy (non-hydrogen) atoms. The molecule has 4 rings (SSSR count). The number of halogens is 3. The summed E-state index contributed by atoms with van der Waals surface area (Å²) < 4.78 is 8.18. The second-order valence-electron chi connectivity index (χ2n) is 5.56. The molecule has 4 aromatic rings. The molecule has 146 valence electrons. The van der Waals surface area contributed by atoms with Gasteiger partial charge in [-0.3, -0.25) is 0 Å². The van der Waals surface area contributed by atoms with Gasteiger partial charge in [0.25, 0.3) is 5.52 Å². The van der Waals surface area contributed by atoms with Crippen molar-refractivity contribution >= 4 is 27.1 Å². The molecule has 0 spiro atoms. The van der Waals surface area contributed by atoms with Crippen molar-refractivity contribution in [2.24, 2.45) is 0 Å². The minimum absolute atomic E-state index is 0. The van der Waals surface area contributed by atoms with E-state index < -0.39 is 0 Å². The van der Waals surface area contributed by atoms with Crippen LogP contribution in [0.4, 0.5) is 5.69 Å². The lowest BCUT2D eigenvalue weighted by Crippen LogP contribution is -3.00. The van der Waals surface area contributed by atoms with Crippen LogP contribution in [0.2, 0.25) is 0 Å². The molecule has 0 aliphatic rings. The maximum atomic E-state index is 9.59. The molecule has 2 aromatic heterocycles. The van der Waals surface area contributed by atoms with Gasteiger partial charge in [0.15, 0.2) is 12.4 Å². The molecule has 0 saturated carbocycles. The van der Waals surface area contributed by atoms with Crippen LogP contribution in [0, 0.1) is 0 Å². The van der Waals surface area contributed by atoms with Crippen LogP contribution >= 0.6 is 15.9 Å². The van der Waals surface area contributed by atoms with E-state index in [-0.39, 0.29) is 39.7 Å². The number of nitrogens with zero attached hydrogens (tertiary/aromatic N) is 1. The quantitative estimate of drug-likeness (QED) is 0.281. The minimum atomic E-state index is 0. The van der Waals surface area contributed by atoms with Crippen LogP contribution in [0.1, 0.15) is 0 Å². The smallest absolute Gasteiger partial charge is 0.253 e.